The highest BCUT2D eigenvalue weighted by Crippen LogP contribution is 2.22. The molecular weight excluding hydrogens is 578 g/mol. The van der Waals surface area contributed by atoms with Gasteiger partial charge in [0.25, 0.3) is 0 Å². The SMILES string of the molecule is CC[C@H](C)NC(=O)[C@@H](Cc1ccccc1)N(Cc1cccc(C)c1)C(=O)CN(c1ccc(Br)cc1)S(C)(=O)=O. The Hall–Kier alpha value is -3.17. The van der Waals surface area contributed by atoms with E-state index in [-0.39, 0.29) is 24.9 Å². The lowest BCUT2D eigenvalue weighted by atomic mass is 10.0. The Balaban J connectivity index is 2.05. The van der Waals surface area contributed by atoms with E-state index in [0.29, 0.717) is 5.69 Å². The van der Waals surface area contributed by atoms with Gasteiger partial charge in [-0.1, -0.05) is 83.0 Å². The topological polar surface area (TPSA) is 86.8 Å². The molecule has 0 aromatic heterocycles. The van der Waals surface area contributed by atoms with Crippen molar-refractivity contribution in [2.24, 2.45) is 0 Å². The minimum Gasteiger partial charge on any atom is -0.352 e. The number of nitrogens with one attached hydrogen (secondary N) is 1. The van der Waals surface area contributed by atoms with Crippen molar-refractivity contribution in [1.82, 2.24) is 10.2 Å². The van der Waals surface area contributed by atoms with E-state index in [4.69, 9.17) is 0 Å². The van der Waals surface area contributed by atoms with Gasteiger partial charge < -0.3 is 10.2 Å². The minimum absolute atomic E-state index is 0.0815. The van der Waals surface area contributed by atoms with Crippen LogP contribution in [-0.4, -0.2) is 50.0 Å². The molecule has 0 heterocycles. The molecule has 1 N–H and O–H groups in total. The van der Waals surface area contributed by atoms with Crippen LogP contribution in [0.3, 0.4) is 0 Å². The van der Waals surface area contributed by atoms with Gasteiger partial charge in [0.05, 0.1) is 11.9 Å². The Kier molecular flexibility index (Phi) is 10.7. The number of hydrogen-bond donors (Lipinski definition) is 1. The second-order valence-electron chi connectivity index (χ2n) is 9.78. The van der Waals surface area contributed by atoms with Gasteiger partial charge in [-0.05, 0) is 55.7 Å². The monoisotopic (exact) mass is 613 g/mol. The third kappa shape index (κ3) is 8.93. The molecule has 39 heavy (non-hydrogen) atoms. The normalized spacial score (nSPS) is 12.8. The Morgan fingerprint density at radius 1 is 0.949 bits per heavy atom. The van der Waals surface area contributed by atoms with E-state index in [1.54, 1.807) is 24.3 Å². The molecule has 0 unspecified atom stereocenters. The van der Waals surface area contributed by atoms with E-state index in [0.717, 1.165) is 38.1 Å². The van der Waals surface area contributed by atoms with Crippen molar-refractivity contribution in [3.05, 3.63) is 100 Å². The molecule has 0 saturated carbocycles. The van der Waals surface area contributed by atoms with Crippen LogP contribution in [0.4, 0.5) is 5.69 Å². The van der Waals surface area contributed by atoms with Crippen LogP contribution in [0.15, 0.2) is 83.3 Å². The number of anilines is 1. The first-order valence-electron chi connectivity index (χ1n) is 12.9. The number of amides is 2. The predicted molar refractivity (Wildman–Crippen MR) is 160 cm³/mol. The number of nitrogens with zero attached hydrogens (tertiary/aromatic N) is 2. The fourth-order valence-corrected chi connectivity index (χ4v) is 5.34. The van der Waals surface area contributed by atoms with Crippen LogP contribution in [0.5, 0.6) is 0 Å². The fourth-order valence-electron chi connectivity index (χ4n) is 4.22. The fraction of sp³-hybridized carbons (Fsp3) is 0.333. The molecular formula is C30H36BrN3O4S. The first-order valence-corrected chi connectivity index (χ1v) is 15.5. The molecule has 3 rings (SSSR count). The third-order valence-corrected chi connectivity index (χ3v) is 8.17. The molecule has 0 fully saturated rings. The van der Waals surface area contributed by atoms with Crippen molar-refractivity contribution in [2.45, 2.75) is 52.2 Å². The lowest BCUT2D eigenvalue weighted by molar-refractivity contribution is -0.140. The van der Waals surface area contributed by atoms with Crippen molar-refractivity contribution >= 4 is 43.5 Å². The molecule has 0 aliphatic heterocycles. The lowest BCUT2D eigenvalue weighted by Crippen LogP contribution is -2.54. The maximum absolute atomic E-state index is 14.1. The molecule has 0 radical (unpaired) electrons. The highest BCUT2D eigenvalue weighted by Gasteiger charge is 2.33. The van der Waals surface area contributed by atoms with E-state index in [1.807, 2.05) is 75.4 Å². The van der Waals surface area contributed by atoms with Crippen molar-refractivity contribution < 1.29 is 18.0 Å². The van der Waals surface area contributed by atoms with Gasteiger partial charge in [0.15, 0.2) is 0 Å². The predicted octanol–water partition coefficient (Wildman–Crippen LogP) is 5.08. The summed E-state index contributed by atoms with van der Waals surface area (Å²) in [5, 5.41) is 3.03. The quantitative estimate of drug-likeness (QED) is 0.309. The average Bonchev–Trinajstić information content (AvgIpc) is 2.89. The van der Waals surface area contributed by atoms with Crippen molar-refractivity contribution in [3.63, 3.8) is 0 Å². The molecule has 2 amide bonds. The van der Waals surface area contributed by atoms with Crippen molar-refractivity contribution in [1.29, 1.82) is 0 Å². The van der Waals surface area contributed by atoms with Gasteiger partial charge >= 0.3 is 0 Å². The number of benzene rings is 3. The van der Waals surface area contributed by atoms with Crippen LogP contribution < -0.4 is 9.62 Å². The van der Waals surface area contributed by atoms with Gasteiger partial charge in [0, 0.05) is 23.5 Å². The zero-order valence-electron chi connectivity index (χ0n) is 22.8. The van der Waals surface area contributed by atoms with E-state index in [2.05, 4.69) is 21.2 Å². The van der Waals surface area contributed by atoms with Crippen LogP contribution in [0.2, 0.25) is 0 Å². The minimum atomic E-state index is -3.80. The summed E-state index contributed by atoms with van der Waals surface area (Å²) in [6.45, 7) is 5.59. The maximum Gasteiger partial charge on any atom is 0.244 e. The number of halogens is 1. The van der Waals surface area contributed by atoms with Gasteiger partial charge in [-0.2, -0.15) is 0 Å². The summed E-state index contributed by atoms with van der Waals surface area (Å²) in [6.07, 6.45) is 2.10. The van der Waals surface area contributed by atoms with Gasteiger partial charge in [0.2, 0.25) is 21.8 Å². The molecule has 7 nitrogen and oxygen atoms in total. The highest BCUT2D eigenvalue weighted by atomic mass is 79.9. The number of hydrogen-bond acceptors (Lipinski definition) is 4. The maximum atomic E-state index is 14.1. The van der Waals surface area contributed by atoms with Gasteiger partial charge in [-0.3, -0.25) is 13.9 Å². The molecule has 0 spiro atoms. The van der Waals surface area contributed by atoms with E-state index in [1.165, 1.54) is 4.90 Å². The largest absolute Gasteiger partial charge is 0.352 e. The Labute approximate surface area is 240 Å². The summed E-state index contributed by atoms with van der Waals surface area (Å²) in [5.74, 6) is -0.742. The third-order valence-electron chi connectivity index (χ3n) is 6.50. The van der Waals surface area contributed by atoms with E-state index in [9.17, 15) is 18.0 Å². The number of aryl methyl sites for hydroxylation is 1. The number of carbonyl (C=O) groups excluding carboxylic acids is 2. The molecule has 3 aromatic carbocycles. The summed E-state index contributed by atoms with van der Waals surface area (Å²) in [7, 11) is -3.80. The Morgan fingerprint density at radius 2 is 1.59 bits per heavy atom. The second-order valence-corrected chi connectivity index (χ2v) is 12.6. The average molecular weight is 615 g/mol. The molecule has 208 valence electrons. The van der Waals surface area contributed by atoms with Crippen LogP contribution >= 0.6 is 15.9 Å². The standard InChI is InChI=1S/C30H36BrN3O4S/c1-5-23(3)32-30(36)28(19-24-11-7-6-8-12-24)33(20-25-13-9-10-22(2)18-25)29(35)21-34(39(4,37)38)27-16-14-26(31)15-17-27/h6-18,23,28H,5,19-21H2,1-4H3,(H,32,36)/t23-,28+/m0/s1. The molecule has 0 aliphatic rings. The highest BCUT2D eigenvalue weighted by molar-refractivity contribution is 9.10. The van der Waals surface area contributed by atoms with Crippen molar-refractivity contribution in [2.75, 3.05) is 17.1 Å². The second kappa shape index (κ2) is 13.8. The van der Waals surface area contributed by atoms with Crippen molar-refractivity contribution in [3.8, 4) is 0 Å². The number of rotatable bonds is 12. The Morgan fingerprint density at radius 3 is 2.18 bits per heavy atom. The van der Waals surface area contributed by atoms with Gasteiger partial charge in [-0.15, -0.1) is 0 Å². The summed E-state index contributed by atoms with van der Waals surface area (Å²) >= 11 is 3.37. The molecule has 2 atom stereocenters. The Bertz CT molecular complexity index is 1360. The number of sulfonamides is 1. The van der Waals surface area contributed by atoms with Crippen LogP contribution in [0, 0.1) is 6.92 Å². The molecule has 0 saturated heterocycles. The first kappa shape index (κ1) is 30.4. The van der Waals surface area contributed by atoms with Crippen LogP contribution in [-0.2, 0) is 32.6 Å². The van der Waals surface area contributed by atoms with Crippen LogP contribution in [0.1, 0.15) is 37.0 Å². The summed E-state index contributed by atoms with van der Waals surface area (Å²) < 4.78 is 27.5. The van der Waals surface area contributed by atoms with Gasteiger partial charge in [0.1, 0.15) is 12.6 Å². The smallest absolute Gasteiger partial charge is 0.244 e. The van der Waals surface area contributed by atoms with E-state index < -0.39 is 28.5 Å². The summed E-state index contributed by atoms with van der Waals surface area (Å²) in [4.78, 5) is 29.2. The molecule has 0 bridgehead atoms. The van der Waals surface area contributed by atoms with Crippen LogP contribution in [0.25, 0.3) is 0 Å². The summed E-state index contributed by atoms with van der Waals surface area (Å²) in [5.41, 5.74) is 3.15. The molecule has 9 heteroatoms. The zero-order valence-corrected chi connectivity index (χ0v) is 25.2. The number of carbonyl (C=O) groups is 2. The zero-order chi connectivity index (χ0) is 28.6. The molecule has 3 aromatic rings. The van der Waals surface area contributed by atoms with Gasteiger partial charge in [-0.25, -0.2) is 8.42 Å². The molecule has 0 aliphatic carbocycles. The summed E-state index contributed by atoms with van der Waals surface area (Å²) in [6, 6.07) is 23.1. The lowest BCUT2D eigenvalue weighted by Gasteiger charge is -2.34. The first-order chi connectivity index (χ1) is 18.5. The van der Waals surface area contributed by atoms with E-state index >= 15 is 0 Å².